The maximum absolute atomic E-state index is 11.8. The SMILES string of the molecule is CS(=O)(=O)N1CCN(CCn2ncc3c(-c4ccc5c(c4)CC=C5)nc(N4CCOCC4)nc32)CC1. The average molecular weight is 510 g/mol. The number of nitrogens with zero attached hydrogens (tertiary/aromatic N) is 7. The van der Waals surface area contributed by atoms with Crippen LogP contribution in [-0.4, -0.2) is 103 Å². The molecule has 11 heteroatoms. The van der Waals surface area contributed by atoms with Crippen molar-refractivity contribution in [3.63, 3.8) is 0 Å². The van der Waals surface area contributed by atoms with Gasteiger partial charge in [0.25, 0.3) is 0 Å². The predicted octanol–water partition coefficient (Wildman–Crippen LogP) is 1.48. The molecule has 36 heavy (non-hydrogen) atoms. The number of rotatable bonds is 6. The summed E-state index contributed by atoms with van der Waals surface area (Å²) in [6.45, 7) is 6.80. The van der Waals surface area contributed by atoms with Crippen LogP contribution in [0, 0.1) is 0 Å². The highest BCUT2D eigenvalue weighted by atomic mass is 32.2. The Hall–Kier alpha value is -2.86. The second-order valence-corrected chi connectivity index (χ2v) is 11.6. The molecule has 1 aliphatic carbocycles. The van der Waals surface area contributed by atoms with E-state index in [2.05, 4.69) is 40.2 Å². The van der Waals surface area contributed by atoms with Crippen molar-refractivity contribution in [2.45, 2.75) is 13.0 Å². The predicted molar refractivity (Wildman–Crippen MR) is 139 cm³/mol. The van der Waals surface area contributed by atoms with Gasteiger partial charge in [0.2, 0.25) is 16.0 Å². The van der Waals surface area contributed by atoms with Gasteiger partial charge < -0.3 is 9.64 Å². The number of morpholine rings is 1. The fourth-order valence-electron chi connectivity index (χ4n) is 5.16. The molecule has 0 bridgehead atoms. The first-order valence-electron chi connectivity index (χ1n) is 12.5. The summed E-state index contributed by atoms with van der Waals surface area (Å²) in [6, 6.07) is 6.54. The van der Waals surface area contributed by atoms with Crippen LogP contribution in [0.2, 0.25) is 0 Å². The van der Waals surface area contributed by atoms with E-state index in [1.54, 1.807) is 4.31 Å². The zero-order valence-corrected chi connectivity index (χ0v) is 21.3. The van der Waals surface area contributed by atoms with Gasteiger partial charge in [0.15, 0.2) is 5.65 Å². The van der Waals surface area contributed by atoms with Crippen molar-refractivity contribution in [1.82, 2.24) is 29.0 Å². The first-order chi connectivity index (χ1) is 17.5. The van der Waals surface area contributed by atoms with Gasteiger partial charge >= 0.3 is 0 Å². The van der Waals surface area contributed by atoms with Crippen LogP contribution in [0.1, 0.15) is 11.1 Å². The lowest BCUT2D eigenvalue weighted by molar-refractivity contribution is 0.122. The summed E-state index contributed by atoms with van der Waals surface area (Å²) < 4.78 is 32.7. The van der Waals surface area contributed by atoms with Gasteiger partial charge in [0.1, 0.15) is 0 Å². The zero-order valence-electron chi connectivity index (χ0n) is 20.5. The molecule has 0 saturated carbocycles. The molecule has 2 saturated heterocycles. The molecule has 3 aromatic rings. The number of benzene rings is 1. The first kappa shape index (κ1) is 23.5. The largest absolute Gasteiger partial charge is 0.378 e. The van der Waals surface area contributed by atoms with E-state index in [1.165, 1.54) is 17.4 Å². The first-order valence-corrected chi connectivity index (χ1v) is 14.3. The number of anilines is 1. The highest BCUT2D eigenvalue weighted by Gasteiger charge is 2.24. The van der Waals surface area contributed by atoms with Crippen LogP contribution < -0.4 is 4.90 Å². The van der Waals surface area contributed by atoms with E-state index in [-0.39, 0.29) is 0 Å². The Morgan fingerprint density at radius 2 is 1.81 bits per heavy atom. The lowest BCUT2D eigenvalue weighted by Crippen LogP contribution is -2.48. The number of hydrogen-bond acceptors (Lipinski definition) is 8. The normalized spacial score (nSPS) is 19.3. The standard InChI is InChI=1S/C25H31N7O3S/c1-36(33,34)31-10-7-29(8-11-31)9-12-32-24-22(18-26-32)23(21-6-5-19-3-2-4-20(19)17-21)27-25(28-24)30-13-15-35-16-14-30/h2-3,5-6,17-18H,4,7-16H2,1H3. The van der Waals surface area contributed by atoms with Gasteiger partial charge in [-0.1, -0.05) is 24.3 Å². The van der Waals surface area contributed by atoms with Crippen molar-refractivity contribution < 1.29 is 13.2 Å². The van der Waals surface area contributed by atoms with E-state index in [0.717, 1.165) is 48.3 Å². The monoisotopic (exact) mass is 509 g/mol. The van der Waals surface area contributed by atoms with Crippen LogP contribution in [0.5, 0.6) is 0 Å². The van der Waals surface area contributed by atoms with E-state index in [1.807, 2.05) is 10.9 Å². The van der Waals surface area contributed by atoms with Gasteiger partial charge in [-0.15, -0.1) is 0 Å². The third-order valence-electron chi connectivity index (χ3n) is 7.26. The third-order valence-corrected chi connectivity index (χ3v) is 8.56. The number of allylic oxidation sites excluding steroid dienone is 1. The highest BCUT2D eigenvalue weighted by Crippen LogP contribution is 2.31. The second-order valence-electron chi connectivity index (χ2n) is 9.60. The minimum Gasteiger partial charge on any atom is -0.378 e. The second kappa shape index (κ2) is 9.55. The van der Waals surface area contributed by atoms with Crippen LogP contribution in [0.15, 0.2) is 30.5 Å². The molecule has 2 fully saturated rings. The van der Waals surface area contributed by atoms with E-state index in [9.17, 15) is 8.42 Å². The van der Waals surface area contributed by atoms with Crippen molar-refractivity contribution in [2.24, 2.45) is 0 Å². The van der Waals surface area contributed by atoms with Gasteiger partial charge in [0, 0.05) is 51.4 Å². The lowest BCUT2D eigenvalue weighted by Gasteiger charge is -2.33. The van der Waals surface area contributed by atoms with Crippen molar-refractivity contribution in [2.75, 3.05) is 70.2 Å². The van der Waals surface area contributed by atoms with Crippen LogP contribution in [0.4, 0.5) is 5.95 Å². The highest BCUT2D eigenvalue weighted by molar-refractivity contribution is 7.88. The number of ether oxygens (including phenoxy) is 1. The molecule has 0 radical (unpaired) electrons. The quantitative estimate of drug-likeness (QED) is 0.493. The molecule has 6 rings (SSSR count). The Balaban J connectivity index is 1.29. The zero-order chi connectivity index (χ0) is 24.7. The summed E-state index contributed by atoms with van der Waals surface area (Å²) in [5, 5.41) is 5.65. The minimum absolute atomic E-state index is 0.527. The minimum atomic E-state index is -3.13. The van der Waals surface area contributed by atoms with E-state index >= 15 is 0 Å². The molecule has 10 nitrogen and oxygen atoms in total. The summed E-state index contributed by atoms with van der Waals surface area (Å²) in [7, 11) is -3.13. The fraction of sp³-hybridized carbons (Fsp3) is 0.480. The number of piperazine rings is 1. The number of aromatic nitrogens is 4. The van der Waals surface area contributed by atoms with E-state index in [4.69, 9.17) is 19.8 Å². The molecule has 0 unspecified atom stereocenters. The Morgan fingerprint density at radius 3 is 2.58 bits per heavy atom. The topological polar surface area (TPSA) is 96.7 Å². The van der Waals surface area contributed by atoms with Crippen LogP contribution in [0.3, 0.4) is 0 Å². The number of hydrogen-bond donors (Lipinski definition) is 0. The summed E-state index contributed by atoms with van der Waals surface area (Å²) in [4.78, 5) is 14.5. The summed E-state index contributed by atoms with van der Waals surface area (Å²) >= 11 is 0. The average Bonchev–Trinajstić information content (AvgIpc) is 3.53. The molecule has 190 valence electrons. The molecule has 4 heterocycles. The van der Waals surface area contributed by atoms with E-state index in [0.29, 0.717) is 51.9 Å². The Morgan fingerprint density at radius 1 is 1.00 bits per heavy atom. The molecule has 0 N–H and O–H groups in total. The maximum atomic E-state index is 11.8. The smallest absolute Gasteiger partial charge is 0.228 e. The third kappa shape index (κ3) is 4.63. The maximum Gasteiger partial charge on any atom is 0.228 e. The van der Waals surface area contributed by atoms with Gasteiger partial charge in [0.05, 0.1) is 43.3 Å². The molecule has 0 amide bonds. The van der Waals surface area contributed by atoms with Gasteiger partial charge in [-0.2, -0.15) is 14.4 Å². The van der Waals surface area contributed by atoms with Gasteiger partial charge in [-0.3, -0.25) is 4.90 Å². The molecule has 2 aromatic heterocycles. The van der Waals surface area contributed by atoms with Gasteiger partial charge in [-0.25, -0.2) is 18.1 Å². The Bertz CT molecular complexity index is 1400. The van der Waals surface area contributed by atoms with Crippen LogP contribution in [-0.2, 0) is 27.7 Å². The van der Waals surface area contributed by atoms with Crippen LogP contribution in [0.25, 0.3) is 28.4 Å². The molecule has 2 aliphatic heterocycles. The lowest BCUT2D eigenvalue weighted by atomic mass is 10.0. The molecule has 0 spiro atoms. The number of sulfonamides is 1. The van der Waals surface area contributed by atoms with Crippen molar-refractivity contribution in [3.8, 4) is 11.3 Å². The molecular formula is C25H31N7O3S. The summed E-state index contributed by atoms with van der Waals surface area (Å²) in [5.74, 6) is 0.711. The Kier molecular flexibility index (Phi) is 6.24. The van der Waals surface area contributed by atoms with Crippen molar-refractivity contribution in [1.29, 1.82) is 0 Å². The van der Waals surface area contributed by atoms with Crippen molar-refractivity contribution >= 4 is 33.1 Å². The van der Waals surface area contributed by atoms with E-state index < -0.39 is 10.0 Å². The molecule has 3 aliphatic rings. The van der Waals surface area contributed by atoms with Crippen molar-refractivity contribution in [3.05, 3.63) is 41.6 Å². The molecular weight excluding hydrogens is 478 g/mol. The van der Waals surface area contributed by atoms with Gasteiger partial charge in [-0.05, 0) is 23.6 Å². The van der Waals surface area contributed by atoms with Crippen LogP contribution >= 0.6 is 0 Å². The summed E-state index contributed by atoms with van der Waals surface area (Å²) in [6.07, 6.45) is 8.46. The number of fused-ring (bicyclic) bond motifs is 2. The summed E-state index contributed by atoms with van der Waals surface area (Å²) in [5.41, 5.74) is 5.40. The fourth-order valence-corrected chi connectivity index (χ4v) is 5.99. The molecule has 1 aromatic carbocycles. The Labute approximate surface area is 211 Å². The molecule has 0 atom stereocenters.